The lowest BCUT2D eigenvalue weighted by Crippen LogP contribution is -2.20. The van der Waals surface area contributed by atoms with Crippen LogP contribution in [0.4, 0.5) is 17.1 Å². The minimum Gasteiger partial charge on any atom is -0.383 e. The van der Waals surface area contributed by atoms with Gasteiger partial charge in [-0.25, -0.2) is 0 Å². The van der Waals surface area contributed by atoms with Gasteiger partial charge in [-0.2, -0.15) is 10.2 Å². The van der Waals surface area contributed by atoms with E-state index in [2.05, 4.69) is 15.5 Å². The van der Waals surface area contributed by atoms with Crippen LogP contribution in [0.5, 0.6) is 0 Å². The van der Waals surface area contributed by atoms with Crippen LogP contribution in [0.1, 0.15) is 0 Å². The van der Waals surface area contributed by atoms with Gasteiger partial charge in [-0.15, -0.1) is 0 Å². The summed E-state index contributed by atoms with van der Waals surface area (Å²) in [6.07, 6.45) is 0. The zero-order chi connectivity index (χ0) is 18.5. The lowest BCUT2D eigenvalue weighted by atomic mass is 10.3. The molecule has 0 aliphatic heterocycles. The number of benzene rings is 2. The molecule has 0 aliphatic carbocycles. The first-order valence-corrected chi connectivity index (χ1v) is 10.4. The first kappa shape index (κ1) is 19.5. The summed E-state index contributed by atoms with van der Waals surface area (Å²) in [5.41, 5.74) is 1.68. The molecule has 0 fully saturated rings. The van der Waals surface area contributed by atoms with Crippen molar-refractivity contribution in [1.29, 1.82) is 0 Å². The van der Waals surface area contributed by atoms with Gasteiger partial charge in [-0.1, -0.05) is 18.2 Å². The van der Waals surface area contributed by atoms with Crippen LogP contribution in [0.2, 0.25) is 0 Å². The number of hydrogen-bond donors (Lipinski definition) is 5. The Bertz CT molecular complexity index is 794. The summed E-state index contributed by atoms with van der Waals surface area (Å²) < 4.78 is 22.4. The second-order valence-corrected chi connectivity index (χ2v) is 9.13. The Labute approximate surface area is 143 Å². The number of nitrogens with one attached hydrogen (secondary N) is 1. The maximum Gasteiger partial charge on any atom is 0.342 e. The van der Waals surface area contributed by atoms with Crippen molar-refractivity contribution < 1.29 is 28.7 Å². The average Bonchev–Trinajstić information content (AvgIpc) is 2.53. The molecule has 0 saturated carbocycles. The van der Waals surface area contributed by atoms with Crippen molar-refractivity contribution in [2.75, 3.05) is 11.9 Å². The van der Waals surface area contributed by atoms with E-state index in [1.165, 1.54) is 0 Å². The van der Waals surface area contributed by atoms with E-state index in [1.807, 2.05) is 18.2 Å². The third-order valence-corrected chi connectivity index (χ3v) is 6.89. The lowest BCUT2D eigenvalue weighted by Gasteiger charge is -2.20. The van der Waals surface area contributed by atoms with Crippen LogP contribution < -0.4 is 5.32 Å². The van der Waals surface area contributed by atoms with Crippen molar-refractivity contribution in [3.05, 3.63) is 54.6 Å². The lowest BCUT2D eigenvalue weighted by molar-refractivity contribution is 0.340. The first-order chi connectivity index (χ1) is 11.7. The highest BCUT2D eigenvalue weighted by Crippen LogP contribution is 2.59. The van der Waals surface area contributed by atoms with Gasteiger partial charge in [0, 0.05) is 12.2 Å². The second kappa shape index (κ2) is 8.01. The van der Waals surface area contributed by atoms with Crippen LogP contribution in [0.3, 0.4) is 0 Å². The molecular weight excluding hydrogens is 368 g/mol. The molecule has 0 spiro atoms. The van der Waals surface area contributed by atoms with Crippen molar-refractivity contribution in [3.63, 3.8) is 0 Å². The molecule has 2 aromatic rings. The summed E-state index contributed by atoms with van der Waals surface area (Å²) >= 11 is 0. The molecule has 2 aromatic carbocycles. The van der Waals surface area contributed by atoms with Crippen molar-refractivity contribution in [3.8, 4) is 0 Å². The van der Waals surface area contributed by atoms with E-state index < -0.39 is 27.1 Å². The van der Waals surface area contributed by atoms with E-state index in [-0.39, 0.29) is 0 Å². The van der Waals surface area contributed by atoms with Crippen LogP contribution in [0.25, 0.3) is 0 Å². The molecule has 0 bridgehead atoms. The summed E-state index contributed by atoms with van der Waals surface area (Å²) in [7, 11) is -9.90. The fourth-order valence-electron chi connectivity index (χ4n) is 1.90. The fraction of sp³-hybridized carbons (Fsp3) is 0.143. The highest BCUT2D eigenvalue weighted by atomic mass is 31.2. The summed E-state index contributed by atoms with van der Waals surface area (Å²) in [6.45, 7) is -0.570. The van der Waals surface area contributed by atoms with E-state index in [9.17, 15) is 9.13 Å². The standard InChI is InChI=1S/C14H17N3O6P2/c18-24(19,20)14(25(21,22)23)10-15-11-6-8-13(9-7-11)17-16-12-4-2-1-3-5-12/h1-9,14-15H,10H2,(H2,18,19,20)(H2,21,22,23). The molecule has 9 nitrogen and oxygen atoms in total. The fourth-order valence-corrected chi connectivity index (χ4v) is 4.12. The minimum absolute atomic E-state index is 0.436. The summed E-state index contributed by atoms with van der Waals surface area (Å²) in [4.78, 5) is 36.3. The topological polar surface area (TPSA) is 152 Å². The van der Waals surface area contributed by atoms with E-state index >= 15 is 0 Å². The Morgan fingerprint density at radius 3 is 1.76 bits per heavy atom. The molecular formula is C14H17N3O6P2. The predicted octanol–water partition coefficient (Wildman–Crippen LogP) is 3.20. The molecule has 5 N–H and O–H groups in total. The summed E-state index contributed by atoms with van der Waals surface area (Å²) in [5.74, 6) is 0. The molecule has 0 radical (unpaired) electrons. The largest absolute Gasteiger partial charge is 0.383 e. The highest BCUT2D eigenvalue weighted by molar-refractivity contribution is 7.70. The van der Waals surface area contributed by atoms with Gasteiger partial charge >= 0.3 is 15.2 Å². The van der Waals surface area contributed by atoms with E-state index in [4.69, 9.17) is 19.6 Å². The average molecular weight is 385 g/mol. The Morgan fingerprint density at radius 1 is 0.800 bits per heavy atom. The van der Waals surface area contributed by atoms with Crippen molar-refractivity contribution >= 4 is 32.3 Å². The maximum atomic E-state index is 11.2. The number of azo groups is 1. The first-order valence-electron chi connectivity index (χ1n) is 7.07. The number of anilines is 1. The molecule has 0 saturated heterocycles. The normalized spacial score (nSPS) is 12.7. The Morgan fingerprint density at radius 2 is 1.28 bits per heavy atom. The predicted molar refractivity (Wildman–Crippen MR) is 93.4 cm³/mol. The van der Waals surface area contributed by atoms with E-state index in [1.54, 1.807) is 36.4 Å². The number of hydrogen-bond acceptors (Lipinski definition) is 5. The van der Waals surface area contributed by atoms with Crippen molar-refractivity contribution in [2.24, 2.45) is 10.2 Å². The quantitative estimate of drug-likeness (QED) is 0.362. The zero-order valence-electron chi connectivity index (χ0n) is 12.9. The SMILES string of the molecule is O=P(O)(O)C(CNc1ccc(N=Nc2ccccc2)cc1)P(=O)(O)O. The molecule has 25 heavy (non-hydrogen) atoms. The van der Waals surface area contributed by atoms with Crippen LogP contribution in [-0.2, 0) is 9.13 Å². The third kappa shape index (κ3) is 6.17. The molecule has 0 unspecified atom stereocenters. The molecule has 0 heterocycles. The monoisotopic (exact) mass is 385 g/mol. The molecule has 0 atom stereocenters. The third-order valence-electron chi connectivity index (χ3n) is 3.17. The Balaban J connectivity index is 2.02. The van der Waals surface area contributed by atoms with Crippen molar-refractivity contribution in [1.82, 2.24) is 0 Å². The van der Waals surface area contributed by atoms with Gasteiger partial charge in [-0.3, -0.25) is 9.13 Å². The van der Waals surface area contributed by atoms with Gasteiger partial charge in [-0.05, 0) is 36.4 Å². The highest BCUT2D eigenvalue weighted by Gasteiger charge is 2.43. The van der Waals surface area contributed by atoms with Gasteiger partial charge < -0.3 is 24.9 Å². The van der Waals surface area contributed by atoms with Crippen molar-refractivity contribution in [2.45, 2.75) is 5.40 Å². The number of rotatable bonds is 7. The second-order valence-electron chi connectivity index (χ2n) is 5.12. The molecule has 2 rings (SSSR count). The molecule has 11 heteroatoms. The molecule has 134 valence electrons. The van der Waals surface area contributed by atoms with E-state index in [0.717, 1.165) is 0 Å². The molecule has 0 aromatic heterocycles. The summed E-state index contributed by atoms with van der Waals surface area (Å²) in [5, 5.41) is 8.59. The van der Waals surface area contributed by atoms with Gasteiger partial charge in [0.1, 0.15) is 0 Å². The Hall–Kier alpha value is -1.86. The van der Waals surface area contributed by atoms with Gasteiger partial charge in [0.2, 0.25) is 0 Å². The smallest absolute Gasteiger partial charge is 0.342 e. The zero-order valence-corrected chi connectivity index (χ0v) is 14.7. The Kier molecular flexibility index (Phi) is 6.24. The minimum atomic E-state index is -4.95. The van der Waals surface area contributed by atoms with Gasteiger partial charge in [0.15, 0.2) is 5.40 Å². The molecule has 0 aliphatic rings. The summed E-state index contributed by atoms with van der Waals surface area (Å²) in [6, 6.07) is 15.5. The van der Waals surface area contributed by atoms with Crippen LogP contribution >= 0.6 is 15.2 Å². The maximum absolute atomic E-state index is 11.2. The van der Waals surface area contributed by atoms with Crippen LogP contribution in [-0.4, -0.2) is 31.5 Å². The van der Waals surface area contributed by atoms with Crippen LogP contribution in [0.15, 0.2) is 64.8 Å². The van der Waals surface area contributed by atoms with Crippen LogP contribution in [0, 0.1) is 0 Å². The molecule has 0 amide bonds. The van der Waals surface area contributed by atoms with Gasteiger partial charge in [0.05, 0.1) is 11.4 Å². The van der Waals surface area contributed by atoms with Gasteiger partial charge in [0.25, 0.3) is 0 Å². The number of nitrogens with zero attached hydrogens (tertiary/aromatic N) is 2. The van der Waals surface area contributed by atoms with E-state index in [0.29, 0.717) is 17.1 Å².